The first-order chi connectivity index (χ1) is 8.42. The molecule has 0 radical (unpaired) electrons. The van der Waals surface area contributed by atoms with Crippen LogP contribution < -0.4 is 5.32 Å². The zero-order chi connectivity index (χ0) is 13.6. The van der Waals surface area contributed by atoms with Crippen molar-refractivity contribution in [3.8, 4) is 0 Å². The van der Waals surface area contributed by atoms with Crippen molar-refractivity contribution >= 4 is 0 Å². The SMILES string of the molecule is CCc1cc(CNCCCCC(F)(F)F)n(C)n1. The lowest BCUT2D eigenvalue weighted by atomic mass is 10.2. The second-order valence-corrected chi connectivity index (χ2v) is 4.35. The van der Waals surface area contributed by atoms with E-state index in [4.69, 9.17) is 0 Å². The average Bonchev–Trinajstić information content (AvgIpc) is 2.63. The summed E-state index contributed by atoms with van der Waals surface area (Å²) in [5, 5.41) is 7.44. The molecule has 0 saturated carbocycles. The summed E-state index contributed by atoms with van der Waals surface area (Å²) < 4.78 is 37.5. The predicted molar refractivity (Wildman–Crippen MR) is 64.2 cm³/mol. The number of rotatable bonds is 7. The van der Waals surface area contributed by atoms with E-state index in [9.17, 15) is 13.2 Å². The predicted octanol–water partition coefficient (Wildman–Crippen LogP) is 2.80. The molecule has 0 bridgehead atoms. The first kappa shape index (κ1) is 15.0. The molecule has 0 aliphatic heterocycles. The number of hydrogen-bond donors (Lipinski definition) is 1. The molecule has 0 saturated heterocycles. The third kappa shape index (κ3) is 5.53. The van der Waals surface area contributed by atoms with Crippen molar-refractivity contribution in [2.45, 2.75) is 45.3 Å². The fourth-order valence-corrected chi connectivity index (χ4v) is 1.70. The molecule has 0 unspecified atom stereocenters. The van der Waals surface area contributed by atoms with Gasteiger partial charge in [-0.1, -0.05) is 6.92 Å². The Bertz CT molecular complexity index is 358. The normalized spacial score (nSPS) is 12.1. The molecule has 0 spiro atoms. The topological polar surface area (TPSA) is 29.9 Å². The van der Waals surface area contributed by atoms with Gasteiger partial charge in [0.25, 0.3) is 0 Å². The molecule has 0 aliphatic rings. The Morgan fingerprint density at radius 1 is 1.33 bits per heavy atom. The Hall–Kier alpha value is -1.04. The van der Waals surface area contributed by atoms with E-state index in [1.54, 1.807) is 0 Å². The van der Waals surface area contributed by atoms with Crippen LogP contribution in [0.3, 0.4) is 0 Å². The molecule has 18 heavy (non-hydrogen) atoms. The molecule has 0 aliphatic carbocycles. The second-order valence-electron chi connectivity index (χ2n) is 4.35. The van der Waals surface area contributed by atoms with Gasteiger partial charge in [0.1, 0.15) is 0 Å². The maximum atomic E-state index is 11.9. The van der Waals surface area contributed by atoms with E-state index in [0.717, 1.165) is 17.8 Å². The Kier molecular flexibility index (Phi) is 5.65. The highest BCUT2D eigenvalue weighted by Crippen LogP contribution is 2.21. The summed E-state index contributed by atoms with van der Waals surface area (Å²) in [5.41, 5.74) is 2.09. The zero-order valence-electron chi connectivity index (χ0n) is 10.8. The van der Waals surface area contributed by atoms with E-state index in [0.29, 0.717) is 19.5 Å². The second kappa shape index (κ2) is 6.78. The van der Waals surface area contributed by atoms with Crippen molar-refractivity contribution in [3.63, 3.8) is 0 Å². The summed E-state index contributed by atoms with van der Waals surface area (Å²) in [6, 6.07) is 2.02. The van der Waals surface area contributed by atoms with Crippen molar-refractivity contribution in [2.24, 2.45) is 7.05 Å². The van der Waals surface area contributed by atoms with E-state index in [2.05, 4.69) is 10.4 Å². The number of unbranched alkanes of at least 4 members (excludes halogenated alkanes) is 1. The van der Waals surface area contributed by atoms with Crippen LogP contribution in [0, 0.1) is 0 Å². The number of halogens is 3. The van der Waals surface area contributed by atoms with Crippen LogP contribution in [-0.2, 0) is 20.0 Å². The van der Waals surface area contributed by atoms with Gasteiger partial charge in [0.05, 0.1) is 11.4 Å². The van der Waals surface area contributed by atoms with Gasteiger partial charge < -0.3 is 5.32 Å². The van der Waals surface area contributed by atoms with Crippen molar-refractivity contribution in [3.05, 3.63) is 17.5 Å². The monoisotopic (exact) mass is 263 g/mol. The molecular formula is C12H20F3N3. The fourth-order valence-electron chi connectivity index (χ4n) is 1.70. The molecule has 0 atom stereocenters. The molecule has 6 heteroatoms. The molecule has 3 nitrogen and oxygen atoms in total. The van der Waals surface area contributed by atoms with Gasteiger partial charge in [0, 0.05) is 20.0 Å². The minimum atomic E-state index is -4.03. The minimum Gasteiger partial charge on any atom is -0.311 e. The molecule has 0 aromatic carbocycles. The lowest BCUT2D eigenvalue weighted by Gasteiger charge is -2.07. The van der Waals surface area contributed by atoms with E-state index in [1.807, 2.05) is 24.7 Å². The highest BCUT2D eigenvalue weighted by Gasteiger charge is 2.25. The summed E-state index contributed by atoms with van der Waals surface area (Å²) in [5.74, 6) is 0. The first-order valence-corrected chi connectivity index (χ1v) is 6.21. The molecule has 0 fully saturated rings. The summed E-state index contributed by atoms with van der Waals surface area (Å²) in [4.78, 5) is 0. The number of alkyl halides is 3. The molecule has 1 aromatic rings. The summed E-state index contributed by atoms with van der Waals surface area (Å²) in [6.07, 6.45) is -3.11. The summed E-state index contributed by atoms with van der Waals surface area (Å²) in [7, 11) is 1.87. The van der Waals surface area contributed by atoms with Crippen LogP contribution in [0.25, 0.3) is 0 Å². The molecule has 1 N–H and O–H groups in total. The van der Waals surface area contributed by atoms with Gasteiger partial charge in [-0.3, -0.25) is 4.68 Å². The Labute approximate surface area is 105 Å². The Morgan fingerprint density at radius 3 is 2.61 bits per heavy atom. The van der Waals surface area contributed by atoms with Crippen LogP contribution in [0.15, 0.2) is 6.07 Å². The van der Waals surface area contributed by atoms with Crippen LogP contribution in [0.1, 0.15) is 37.6 Å². The number of nitrogens with zero attached hydrogens (tertiary/aromatic N) is 2. The lowest BCUT2D eigenvalue weighted by molar-refractivity contribution is -0.135. The number of aromatic nitrogens is 2. The van der Waals surface area contributed by atoms with Crippen molar-refractivity contribution in [2.75, 3.05) is 6.54 Å². The maximum absolute atomic E-state index is 11.9. The first-order valence-electron chi connectivity index (χ1n) is 6.21. The Balaban J connectivity index is 2.16. The van der Waals surface area contributed by atoms with Crippen molar-refractivity contribution < 1.29 is 13.2 Å². The van der Waals surface area contributed by atoms with Gasteiger partial charge >= 0.3 is 6.18 Å². The van der Waals surface area contributed by atoms with Gasteiger partial charge in [-0.2, -0.15) is 18.3 Å². The summed E-state index contributed by atoms with van der Waals surface area (Å²) in [6.45, 7) is 3.29. The highest BCUT2D eigenvalue weighted by molar-refractivity contribution is 5.09. The van der Waals surface area contributed by atoms with Crippen molar-refractivity contribution in [1.29, 1.82) is 0 Å². The van der Waals surface area contributed by atoms with Crippen LogP contribution in [0.2, 0.25) is 0 Å². The van der Waals surface area contributed by atoms with E-state index >= 15 is 0 Å². The number of nitrogens with one attached hydrogen (secondary N) is 1. The molecule has 0 amide bonds. The van der Waals surface area contributed by atoms with Crippen LogP contribution in [-0.4, -0.2) is 22.5 Å². The molecule has 104 valence electrons. The highest BCUT2D eigenvalue weighted by atomic mass is 19.4. The van der Waals surface area contributed by atoms with Crippen LogP contribution in [0.5, 0.6) is 0 Å². The van der Waals surface area contributed by atoms with Crippen molar-refractivity contribution in [1.82, 2.24) is 15.1 Å². The number of hydrogen-bond acceptors (Lipinski definition) is 2. The largest absolute Gasteiger partial charge is 0.389 e. The molecule has 1 aromatic heterocycles. The number of aryl methyl sites for hydroxylation is 2. The third-order valence-electron chi connectivity index (χ3n) is 2.76. The minimum absolute atomic E-state index is 0.183. The molecule has 1 rings (SSSR count). The Morgan fingerprint density at radius 2 is 2.06 bits per heavy atom. The van der Waals surface area contributed by atoms with E-state index in [-0.39, 0.29) is 6.42 Å². The standard InChI is InChI=1S/C12H20F3N3/c1-3-10-8-11(18(2)17-10)9-16-7-5-4-6-12(13,14)15/h8,16H,3-7,9H2,1-2H3. The van der Waals surface area contributed by atoms with Gasteiger partial charge in [-0.25, -0.2) is 0 Å². The van der Waals surface area contributed by atoms with E-state index < -0.39 is 12.6 Å². The van der Waals surface area contributed by atoms with Gasteiger partial charge in [0.2, 0.25) is 0 Å². The summed E-state index contributed by atoms with van der Waals surface area (Å²) >= 11 is 0. The van der Waals surface area contributed by atoms with Crippen LogP contribution >= 0.6 is 0 Å². The molecular weight excluding hydrogens is 243 g/mol. The lowest BCUT2D eigenvalue weighted by Crippen LogP contribution is -2.17. The van der Waals surface area contributed by atoms with Gasteiger partial charge in [-0.15, -0.1) is 0 Å². The van der Waals surface area contributed by atoms with Crippen LogP contribution in [0.4, 0.5) is 13.2 Å². The third-order valence-corrected chi connectivity index (χ3v) is 2.76. The van der Waals surface area contributed by atoms with E-state index in [1.165, 1.54) is 0 Å². The smallest absolute Gasteiger partial charge is 0.311 e. The fraction of sp³-hybridized carbons (Fsp3) is 0.750. The average molecular weight is 263 g/mol. The quantitative estimate of drug-likeness (QED) is 0.767. The van der Waals surface area contributed by atoms with Gasteiger partial charge in [0.15, 0.2) is 0 Å². The zero-order valence-corrected chi connectivity index (χ0v) is 10.8. The molecule has 1 heterocycles. The van der Waals surface area contributed by atoms with Gasteiger partial charge in [-0.05, 0) is 31.9 Å². The maximum Gasteiger partial charge on any atom is 0.389 e.